The summed E-state index contributed by atoms with van der Waals surface area (Å²) in [6.45, 7) is 0.646. The molecule has 0 amide bonds. The SMILES string of the molecule is O=S([O-])Cc1ccccc1Cn1ccnc1. The molecule has 0 aliphatic heterocycles. The van der Waals surface area contributed by atoms with E-state index in [2.05, 4.69) is 4.98 Å². The van der Waals surface area contributed by atoms with Gasteiger partial charge in [-0.25, -0.2) is 4.98 Å². The number of hydrogen-bond acceptors (Lipinski definition) is 3. The smallest absolute Gasteiger partial charge is 0.0949 e. The van der Waals surface area contributed by atoms with Crippen LogP contribution in [0.2, 0.25) is 0 Å². The molecule has 0 saturated carbocycles. The predicted molar refractivity (Wildman–Crippen MR) is 60.4 cm³/mol. The fourth-order valence-electron chi connectivity index (χ4n) is 1.56. The number of nitrogens with zero attached hydrogens (tertiary/aromatic N) is 2. The third kappa shape index (κ3) is 2.77. The third-order valence-corrected chi connectivity index (χ3v) is 2.85. The second kappa shape index (κ2) is 5.05. The highest BCUT2D eigenvalue weighted by molar-refractivity contribution is 7.78. The molecule has 0 bridgehead atoms. The first-order valence-corrected chi connectivity index (χ1v) is 6.08. The third-order valence-electron chi connectivity index (χ3n) is 2.30. The van der Waals surface area contributed by atoms with Gasteiger partial charge in [0.25, 0.3) is 0 Å². The molecule has 1 aromatic heterocycles. The summed E-state index contributed by atoms with van der Waals surface area (Å²) in [6.07, 6.45) is 5.27. The second-order valence-electron chi connectivity index (χ2n) is 3.45. The van der Waals surface area contributed by atoms with E-state index in [1.54, 1.807) is 12.5 Å². The number of aromatic nitrogens is 2. The predicted octanol–water partition coefficient (Wildman–Crippen LogP) is 1.31. The van der Waals surface area contributed by atoms with Crippen LogP contribution in [0.5, 0.6) is 0 Å². The van der Waals surface area contributed by atoms with Crippen LogP contribution in [-0.4, -0.2) is 18.3 Å². The van der Waals surface area contributed by atoms with Crippen LogP contribution in [0.4, 0.5) is 0 Å². The van der Waals surface area contributed by atoms with E-state index in [0.29, 0.717) is 6.54 Å². The van der Waals surface area contributed by atoms with Gasteiger partial charge in [-0.05, 0) is 11.1 Å². The topological polar surface area (TPSA) is 57.9 Å². The number of benzene rings is 1. The normalized spacial score (nSPS) is 12.6. The van der Waals surface area contributed by atoms with E-state index < -0.39 is 11.1 Å². The maximum absolute atomic E-state index is 10.7. The molecule has 0 spiro atoms. The van der Waals surface area contributed by atoms with E-state index in [9.17, 15) is 8.76 Å². The number of imidazole rings is 1. The minimum Gasteiger partial charge on any atom is -0.772 e. The first-order chi connectivity index (χ1) is 7.75. The van der Waals surface area contributed by atoms with Gasteiger partial charge in [0.15, 0.2) is 0 Å². The van der Waals surface area contributed by atoms with Crippen molar-refractivity contribution in [2.24, 2.45) is 0 Å². The fourth-order valence-corrected chi connectivity index (χ4v) is 2.09. The summed E-state index contributed by atoms with van der Waals surface area (Å²) in [5, 5.41) is 0. The molecule has 0 saturated heterocycles. The van der Waals surface area contributed by atoms with Crippen molar-refractivity contribution in [1.82, 2.24) is 9.55 Å². The van der Waals surface area contributed by atoms with Crippen molar-refractivity contribution in [2.75, 3.05) is 0 Å². The lowest BCUT2D eigenvalue weighted by molar-refractivity contribution is 0.536. The molecule has 0 aliphatic rings. The molecule has 84 valence electrons. The van der Waals surface area contributed by atoms with Crippen molar-refractivity contribution in [3.63, 3.8) is 0 Å². The first kappa shape index (κ1) is 11.0. The summed E-state index contributed by atoms with van der Waals surface area (Å²) < 4.78 is 23.3. The molecule has 4 nitrogen and oxygen atoms in total. The van der Waals surface area contributed by atoms with Crippen molar-refractivity contribution in [3.05, 3.63) is 54.1 Å². The van der Waals surface area contributed by atoms with Gasteiger partial charge in [0.05, 0.1) is 6.33 Å². The molecular formula is C11H11N2O2S-. The lowest BCUT2D eigenvalue weighted by Gasteiger charge is -2.11. The second-order valence-corrected chi connectivity index (χ2v) is 4.35. The number of rotatable bonds is 4. The van der Waals surface area contributed by atoms with Crippen molar-refractivity contribution in [2.45, 2.75) is 12.3 Å². The van der Waals surface area contributed by atoms with E-state index >= 15 is 0 Å². The Hall–Kier alpha value is -1.46. The Balaban J connectivity index is 2.22. The number of hydrogen-bond donors (Lipinski definition) is 0. The summed E-state index contributed by atoms with van der Waals surface area (Å²) in [4.78, 5) is 3.95. The molecule has 2 aromatic rings. The molecule has 1 unspecified atom stereocenters. The highest BCUT2D eigenvalue weighted by Gasteiger charge is 2.02. The Bertz CT molecular complexity index is 482. The fraction of sp³-hybridized carbons (Fsp3) is 0.182. The zero-order chi connectivity index (χ0) is 11.4. The standard InChI is InChI=1S/C11H12N2O2S/c14-16(15)8-11-4-2-1-3-10(11)7-13-6-5-12-9-13/h1-6,9H,7-8H2,(H,14,15)/p-1. The van der Waals surface area contributed by atoms with Gasteiger partial charge in [-0.1, -0.05) is 35.3 Å². The zero-order valence-corrected chi connectivity index (χ0v) is 9.39. The van der Waals surface area contributed by atoms with Crippen LogP contribution in [0.15, 0.2) is 43.0 Å². The van der Waals surface area contributed by atoms with E-state index in [-0.39, 0.29) is 5.75 Å². The van der Waals surface area contributed by atoms with Crippen LogP contribution in [0.3, 0.4) is 0 Å². The molecule has 16 heavy (non-hydrogen) atoms. The van der Waals surface area contributed by atoms with Gasteiger partial charge in [0, 0.05) is 24.7 Å². The maximum atomic E-state index is 10.7. The maximum Gasteiger partial charge on any atom is 0.0949 e. The minimum absolute atomic E-state index is 0.0604. The van der Waals surface area contributed by atoms with Crippen LogP contribution in [0.25, 0.3) is 0 Å². The van der Waals surface area contributed by atoms with Gasteiger partial charge in [0.2, 0.25) is 0 Å². The van der Waals surface area contributed by atoms with Gasteiger partial charge in [-0.2, -0.15) is 0 Å². The highest BCUT2D eigenvalue weighted by Crippen LogP contribution is 2.12. The summed E-state index contributed by atoms with van der Waals surface area (Å²) in [5.41, 5.74) is 1.84. The van der Waals surface area contributed by atoms with Crippen molar-refractivity contribution in [3.8, 4) is 0 Å². The molecule has 0 fully saturated rings. The Labute approximate surface area is 96.2 Å². The highest BCUT2D eigenvalue weighted by atomic mass is 32.2. The van der Waals surface area contributed by atoms with Gasteiger partial charge < -0.3 is 9.12 Å². The largest absolute Gasteiger partial charge is 0.772 e. The Kier molecular flexibility index (Phi) is 3.48. The molecular weight excluding hydrogens is 224 g/mol. The summed E-state index contributed by atoms with van der Waals surface area (Å²) in [6, 6.07) is 7.52. The summed E-state index contributed by atoms with van der Waals surface area (Å²) in [5.74, 6) is 0.0604. The lowest BCUT2D eigenvalue weighted by atomic mass is 10.1. The molecule has 0 radical (unpaired) electrons. The van der Waals surface area contributed by atoms with Crippen LogP contribution >= 0.6 is 0 Å². The minimum atomic E-state index is -2.05. The van der Waals surface area contributed by atoms with Gasteiger partial charge in [0.1, 0.15) is 0 Å². The molecule has 1 aromatic carbocycles. The first-order valence-electron chi connectivity index (χ1n) is 4.84. The molecule has 2 rings (SSSR count). The molecule has 1 atom stereocenters. The molecule has 1 heterocycles. The van der Waals surface area contributed by atoms with Crippen molar-refractivity contribution < 1.29 is 8.76 Å². The van der Waals surface area contributed by atoms with E-state index in [0.717, 1.165) is 11.1 Å². The Morgan fingerprint density at radius 2 is 2.06 bits per heavy atom. The van der Waals surface area contributed by atoms with Gasteiger partial charge in [-0.3, -0.25) is 4.21 Å². The van der Waals surface area contributed by atoms with Crippen molar-refractivity contribution in [1.29, 1.82) is 0 Å². The lowest BCUT2D eigenvalue weighted by Crippen LogP contribution is -2.03. The van der Waals surface area contributed by atoms with Crippen molar-refractivity contribution >= 4 is 11.1 Å². The van der Waals surface area contributed by atoms with Crippen LogP contribution in [-0.2, 0) is 23.4 Å². The molecule has 0 N–H and O–H groups in total. The average molecular weight is 235 g/mol. The molecule has 5 heteroatoms. The summed E-state index contributed by atoms with van der Waals surface area (Å²) in [7, 11) is 0. The van der Waals surface area contributed by atoms with E-state index in [1.807, 2.05) is 35.0 Å². The monoisotopic (exact) mass is 235 g/mol. The zero-order valence-electron chi connectivity index (χ0n) is 8.57. The van der Waals surface area contributed by atoms with Gasteiger partial charge >= 0.3 is 0 Å². The van der Waals surface area contributed by atoms with Gasteiger partial charge in [-0.15, -0.1) is 0 Å². The quantitative estimate of drug-likeness (QED) is 0.751. The Morgan fingerprint density at radius 3 is 2.69 bits per heavy atom. The van der Waals surface area contributed by atoms with Crippen LogP contribution in [0, 0.1) is 0 Å². The Morgan fingerprint density at radius 1 is 1.31 bits per heavy atom. The summed E-state index contributed by atoms with van der Waals surface area (Å²) >= 11 is -2.05. The van der Waals surface area contributed by atoms with E-state index in [4.69, 9.17) is 0 Å². The average Bonchev–Trinajstić information content (AvgIpc) is 2.73. The van der Waals surface area contributed by atoms with Crippen LogP contribution < -0.4 is 0 Å². The van der Waals surface area contributed by atoms with Crippen LogP contribution in [0.1, 0.15) is 11.1 Å². The molecule has 0 aliphatic carbocycles. The van der Waals surface area contributed by atoms with E-state index in [1.165, 1.54) is 0 Å².